The molecule has 2 saturated heterocycles. The summed E-state index contributed by atoms with van der Waals surface area (Å²) in [4.78, 5) is 28.6. The first-order chi connectivity index (χ1) is 10.7. The van der Waals surface area contributed by atoms with Crippen LogP contribution in [0.15, 0.2) is 0 Å². The maximum absolute atomic E-state index is 12.5. The summed E-state index contributed by atoms with van der Waals surface area (Å²) in [5, 5.41) is 3.07. The van der Waals surface area contributed by atoms with Crippen molar-refractivity contribution < 1.29 is 9.59 Å². The Morgan fingerprint density at radius 2 is 2.04 bits per heavy atom. The average molecular weight is 322 g/mol. The largest absolute Gasteiger partial charge is 0.369 e. The van der Waals surface area contributed by atoms with Gasteiger partial charge < -0.3 is 16.0 Å². The highest BCUT2D eigenvalue weighted by atomic mass is 16.2. The van der Waals surface area contributed by atoms with Crippen molar-refractivity contribution in [2.45, 2.75) is 58.0 Å². The third kappa shape index (κ3) is 2.82. The first kappa shape index (κ1) is 16.6. The van der Waals surface area contributed by atoms with Crippen molar-refractivity contribution in [3.63, 3.8) is 0 Å². The summed E-state index contributed by atoms with van der Waals surface area (Å²) in [6, 6.07) is 0.381. The quantitative estimate of drug-likeness (QED) is 0.818. The monoisotopic (exact) mass is 322 g/mol. The van der Waals surface area contributed by atoms with Crippen molar-refractivity contribution in [1.82, 2.24) is 15.1 Å². The number of carbonyl (C=O) groups is 2. The number of amides is 3. The molecule has 3 aliphatic rings. The maximum atomic E-state index is 12.5. The first-order valence-corrected chi connectivity index (χ1v) is 8.83. The lowest BCUT2D eigenvalue weighted by molar-refractivity contribution is -0.128. The molecule has 23 heavy (non-hydrogen) atoms. The molecule has 3 N–H and O–H groups in total. The van der Waals surface area contributed by atoms with Crippen LogP contribution in [0.2, 0.25) is 0 Å². The normalized spacial score (nSPS) is 34.1. The van der Waals surface area contributed by atoms with Crippen molar-refractivity contribution in [1.29, 1.82) is 0 Å². The molecule has 3 amide bonds. The minimum absolute atomic E-state index is 0.0409. The summed E-state index contributed by atoms with van der Waals surface area (Å²) in [7, 11) is 0. The number of rotatable bonds is 3. The Hall–Kier alpha value is -1.30. The van der Waals surface area contributed by atoms with Gasteiger partial charge in [-0.1, -0.05) is 6.42 Å². The second-order valence-corrected chi connectivity index (χ2v) is 8.48. The fraction of sp³-hybridized carbons (Fsp3) is 0.882. The smallest absolute Gasteiger partial charge is 0.317 e. The number of nitrogens with two attached hydrogens (primary N) is 1. The van der Waals surface area contributed by atoms with Crippen molar-refractivity contribution in [2.75, 3.05) is 26.2 Å². The van der Waals surface area contributed by atoms with Crippen molar-refractivity contribution in [3.8, 4) is 0 Å². The third-order valence-corrected chi connectivity index (χ3v) is 6.14. The molecule has 1 aliphatic carbocycles. The predicted molar refractivity (Wildman–Crippen MR) is 88.8 cm³/mol. The summed E-state index contributed by atoms with van der Waals surface area (Å²) in [6.07, 6.45) is 4.02. The number of likely N-dealkylation sites (tertiary alicyclic amines) is 2. The minimum atomic E-state index is -0.467. The van der Waals surface area contributed by atoms with Gasteiger partial charge in [-0.25, -0.2) is 4.79 Å². The summed E-state index contributed by atoms with van der Waals surface area (Å²) in [6.45, 7) is 9.56. The van der Waals surface area contributed by atoms with Crippen LogP contribution < -0.4 is 11.1 Å². The summed E-state index contributed by atoms with van der Waals surface area (Å²) in [5.74, 6) is 0.0220. The van der Waals surface area contributed by atoms with Gasteiger partial charge in [0.15, 0.2) is 0 Å². The highest BCUT2D eigenvalue weighted by molar-refractivity contribution is 5.84. The van der Waals surface area contributed by atoms with Crippen LogP contribution in [0.1, 0.15) is 46.5 Å². The van der Waals surface area contributed by atoms with Gasteiger partial charge in [-0.2, -0.15) is 0 Å². The minimum Gasteiger partial charge on any atom is -0.369 e. The van der Waals surface area contributed by atoms with E-state index >= 15 is 0 Å². The van der Waals surface area contributed by atoms with Crippen LogP contribution in [0.3, 0.4) is 0 Å². The number of urea groups is 1. The van der Waals surface area contributed by atoms with E-state index in [1.54, 1.807) is 4.90 Å². The van der Waals surface area contributed by atoms with E-state index in [1.807, 2.05) is 0 Å². The van der Waals surface area contributed by atoms with Gasteiger partial charge in [0.05, 0.1) is 5.41 Å². The second kappa shape index (κ2) is 5.65. The highest BCUT2D eigenvalue weighted by Crippen LogP contribution is 2.48. The predicted octanol–water partition coefficient (Wildman–Crippen LogP) is 1.16. The molecule has 2 aliphatic heterocycles. The van der Waals surface area contributed by atoms with Gasteiger partial charge >= 0.3 is 6.03 Å². The van der Waals surface area contributed by atoms with E-state index in [-0.39, 0.29) is 23.4 Å². The van der Waals surface area contributed by atoms with E-state index in [2.05, 4.69) is 31.0 Å². The molecule has 0 bridgehead atoms. The molecule has 6 heteroatoms. The Bertz CT molecular complexity index is 501. The molecule has 1 saturated carbocycles. The Morgan fingerprint density at radius 3 is 2.57 bits per heavy atom. The van der Waals surface area contributed by atoms with Crippen LogP contribution in [0, 0.1) is 11.3 Å². The molecule has 0 aromatic rings. The molecule has 3 atom stereocenters. The van der Waals surface area contributed by atoms with Gasteiger partial charge in [0.2, 0.25) is 5.91 Å². The Kier molecular flexibility index (Phi) is 4.07. The Morgan fingerprint density at radius 1 is 1.30 bits per heavy atom. The fourth-order valence-corrected chi connectivity index (χ4v) is 4.70. The summed E-state index contributed by atoms with van der Waals surface area (Å²) < 4.78 is 0. The van der Waals surface area contributed by atoms with Crippen molar-refractivity contribution in [3.05, 3.63) is 0 Å². The number of hydrogen-bond donors (Lipinski definition) is 2. The van der Waals surface area contributed by atoms with Gasteiger partial charge in [-0.05, 0) is 46.0 Å². The van der Waals surface area contributed by atoms with Crippen molar-refractivity contribution >= 4 is 11.9 Å². The zero-order valence-electron chi connectivity index (χ0n) is 14.6. The SMILES string of the molecule is CC(C)(C)N1CCC1CNC(=O)N1C[C@@H]2CCC[C@]2(C(N)=O)C1. The number of hydrogen-bond acceptors (Lipinski definition) is 3. The number of nitrogens with zero attached hydrogens (tertiary/aromatic N) is 2. The number of nitrogens with one attached hydrogen (secondary N) is 1. The third-order valence-electron chi connectivity index (χ3n) is 6.14. The van der Waals surface area contributed by atoms with E-state index in [9.17, 15) is 9.59 Å². The zero-order valence-corrected chi connectivity index (χ0v) is 14.6. The standard InChI is InChI=1S/C17H30N4O2/c1-16(2,3)21-8-6-13(21)9-19-15(23)20-10-12-5-4-7-17(12,11-20)14(18)22/h12-13H,4-11H2,1-3H3,(H2,18,22)(H,19,23)/t12-,13?,17-/m0/s1. The summed E-state index contributed by atoms with van der Waals surface area (Å²) in [5.41, 5.74) is 5.33. The van der Waals surface area contributed by atoms with Gasteiger partial charge in [0.25, 0.3) is 0 Å². The van der Waals surface area contributed by atoms with Crippen LogP contribution >= 0.6 is 0 Å². The molecule has 3 rings (SSSR count). The second-order valence-electron chi connectivity index (χ2n) is 8.48. The molecule has 1 unspecified atom stereocenters. The average Bonchev–Trinajstić information content (AvgIpc) is 2.92. The van der Waals surface area contributed by atoms with Gasteiger partial charge in [-0.3, -0.25) is 9.69 Å². The molecule has 130 valence electrons. The molecule has 0 aromatic carbocycles. The number of carbonyl (C=O) groups excluding carboxylic acids is 2. The van der Waals surface area contributed by atoms with Crippen LogP contribution in [-0.2, 0) is 4.79 Å². The molecule has 3 fully saturated rings. The van der Waals surface area contributed by atoms with Gasteiger partial charge in [-0.15, -0.1) is 0 Å². The van der Waals surface area contributed by atoms with Crippen LogP contribution in [0.4, 0.5) is 4.79 Å². The Balaban J connectivity index is 1.53. The molecular weight excluding hydrogens is 292 g/mol. The molecular formula is C17H30N4O2. The molecule has 0 aromatic heterocycles. The van der Waals surface area contributed by atoms with E-state index in [0.717, 1.165) is 32.2 Å². The zero-order chi connectivity index (χ0) is 16.8. The highest BCUT2D eigenvalue weighted by Gasteiger charge is 2.54. The molecule has 0 spiro atoms. The van der Waals surface area contributed by atoms with E-state index in [4.69, 9.17) is 5.73 Å². The molecule has 6 nitrogen and oxygen atoms in total. The Labute approximate surface area is 138 Å². The molecule has 2 heterocycles. The lowest BCUT2D eigenvalue weighted by Gasteiger charge is -2.49. The fourth-order valence-electron chi connectivity index (χ4n) is 4.70. The van der Waals surface area contributed by atoms with E-state index < -0.39 is 5.41 Å². The lowest BCUT2D eigenvalue weighted by atomic mass is 9.80. The van der Waals surface area contributed by atoms with E-state index in [0.29, 0.717) is 25.7 Å². The molecule has 0 radical (unpaired) electrons. The first-order valence-electron chi connectivity index (χ1n) is 8.83. The van der Waals surface area contributed by atoms with Crippen molar-refractivity contribution in [2.24, 2.45) is 17.1 Å². The van der Waals surface area contributed by atoms with Crippen LogP contribution in [0.5, 0.6) is 0 Å². The topological polar surface area (TPSA) is 78.7 Å². The van der Waals surface area contributed by atoms with Crippen LogP contribution in [-0.4, -0.2) is 59.5 Å². The van der Waals surface area contributed by atoms with Crippen LogP contribution in [0.25, 0.3) is 0 Å². The van der Waals surface area contributed by atoms with E-state index in [1.165, 1.54) is 0 Å². The lowest BCUT2D eigenvalue weighted by Crippen LogP contribution is -2.61. The number of primary amides is 1. The summed E-state index contributed by atoms with van der Waals surface area (Å²) >= 11 is 0. The van der Waals surface area contributed by atoms with Gasteiger partial charge in [0, 0.05) is 37.8 Å². The maximum Gasteiger partial charge on any atom is 0.317 e. The number of fused-ring (bicyclic) bond motifs is 1. The van der Waals surface area contributed by atoms with Gasteiger partial charge in [0.1, 0.15) is 0 Å².